The number of hydrogen-bond donors (Lipinski definition) is 1. The number of aryl methyl sites for hydroxylation is 1. The number of aromatic nitrogens is 2. The van der Waals surface area contributed by atoms with E-state index in [1.54, 1.807) is 11.7 Å². The lowest BCUT2D eigenvalue weighted by atomic mass is 10.1. The molecule has 5 nitrogen and oxygen atoms in total. The van der Waals surface area contributed by atoms with E-state index in [1.807, 2.05) is 6.92 Å². The van der Waals surface area contributed by atoms with Crippen molar-refractivity contribution in [2.45, 2.75) is 13.3 Å². The van der Waals surface area contributed by atoms with Gasteiger partial charge in [0.1, 0.15) is 11.3 Å². The maximum absolute atomic E-state index is 11.0. The smallest absolute Gasteiger partial charge is 0.341 e. The van der Waals surface area contributed by atoms with Crippen molar-refractivity contribution >= 4 is 17.3 Å². The van der Waals surface area contributed by atoms with Gasteiger partial charge in [0, 0.05) is 12.6 Å². The second kappa shape index (κ2) is 3.82. The molecule has 2 rings (SSSR count). The zero-order valence-electron chi connectivity index (χ0n) is 7.93. The minimum atomic E-state index is -1.02. The summed E-state index contributed by atoms with van der Waals surface area (Å²) < 4.78 is 4.98. The van der Waals surface area contributed by atoms with E-state index in [-0.39, 0.29) is 5.56 Å². The molecule has 0 aliphatic heterocycles. The SMILES string of the molecule is CCc1onc(-c2cncs2)c1C(=O)O. The molecule has 0 spiro atoms. The molecule has 15 heavy (non-hydrogen) atoms. The third kappa shape index (κ3) is 1.63. The summed E-state index contributed by atoms with van der Waals surface area (Å²) in [5.74, 6) is -0.623. The lowest BCUT2D eigenvalue weighted by Gasteiger charge is -1.93. The highest BCUT2D eigenvalue weighted by molar-refractivity contribution is 7.13. The van der Waals surface area contributed by atoms with Gasteiger partial charge in [-0.25, -0.2) is 4.79 Å². The Labute approximate surface area is 89.4 Å². The van der Waals surface area contributed by atoms with E-state index in [2.05, 4.69) is 10.1 Å². The summed E-state index contributed by atoms with van der Waals surface area (Å²) in [7, 11) is 0. The molecule has 0 fully saturated rings. The number of nitrogens with zero attached hydrogens (tertiary/aromatic N) is 2. The first kappa shape index (κ1) is 9.85. The van der Waals surface area contributed by atoms with Crippen LogP contribution < -0.4 is 0 Å². The Morgan fingerprint density at radius 2 is 2.47 bits per heavy atom. The van der Waals surface area contributed by atoms with E-state index in [1.165, 1.54) is 11.3 Å². The molecule has 0 amide bonds. The molecule has 2 aromatic rings. The molecule has 0 saturated heterocycles. The Hall–Kier alpha value is -1.69. The first-order valence-corrected chi connectivity index (χ1v) is 5.22. The molecule has 0 atom stereocenters. The van der Waals surface area contributed by atoms with Crippen LogP contribution in [-0.2, 0) is 6.42 Å². The van der Waals surface area contributed by atoms with Crippen molar-refractivity contribution in [2.24, 2.45) is 0 Å². The molecule has 6 heteroatoms. The third-order valence-electron chi connectivity index (χ3n) is 1.96. The minimum Gasteiger partial charge on any atom is -0.477 e. The number of carboxylic acids is 1. The minimum absolute atomic E-state index is 0.141. The van der Waals surface area contributed by atoms with Crippen molar-refractivity contribution in [1.29, 1.82) is 0 Å². The molecule has 1 N–H and O–H groups in total. The van der Waals surface area contributed by atoms with Gasteiger partial charge >= 0.3 is 5.97 Å². The number of carbonyl (C=O) groups is 1. The van der Waals surface area contributed by atoms with Crippen LogP contribution in [0.15, 0.2) is 16.2 Å². The van der Waals surface area contributed by atoms with Crippen molar-refractivity contribution in [3.05, 3.63) is 23.0 Å². The lowest BCUT2D eigenvalue weighted by Crippen LogP contribution is -2.00. The molecule has 0 bridgehead atoms. The molecule has 0 aliphatic carbocycles. The standard InChI is InChI=1S/C9H8N2O3S/c1-2-5-7(9(12)13)8(11-14-5)6-3-10-4-15-6/h3-4H,2H2,1H3,(H,12,13). The normalized spacial score (nSPS) is 10.5. The quantitative estimate of drug-likeness (QED) is 0.863. The molecule has 0 radical (unpaired) electrons. The van der Waals surface area contributed by atoms with E-state index in [4.69, 9.17) is 9.63 Å². The number of hydrogen-bond acceptors (Lipinski definition) is 5. The summed E-state index contributed by atoms with van der Waals surface area (Å²) >= 11 is 1.33. The first-order chi connectivity index (χ1) is 7.24. The van der Waals surface area contributed by atoms with Gasteiger partial charge < -0.3 is 9.63 Å². The van der Waals surface area contributed by atoms with Crippen LogP contribution in [0.3, 0.4) is 0 Å². The summed E-state index contributed by atoms with van der Waals surface area (Å²) in [6, 6.07) is 0. The maximum Gasteiger partial charge on any atom is 0.341 e. The Balaban J connectivity index is 2.58. The zero-order chi connectivity index (χ0) is 10.8. The molecule has 2 aromatic heterocycles. The zero-order valence-corrected chi connectivity index (χ0v) is 8.74. The van der Waals surface area contributed by atoms with E-state index in [9.17, 15) is 4.79 Å². The molecular formula is C9H8N2O3S. The van der Waals surface area contributed by atoms with Crippen LogP contribution in [0.5, 0.6) is 0 Å². The number of rotatable bonds is 3. The van der Waals surface area contributed by atoms with Crippen molar-refractivity contribution in [3.8, 4) is 10.6 Å². The Bertz CT molecular complexity index is 476. The average molecular weight is 224 g/mol. The first-order valence-electron chi connectivity index (χ1n) is 4.34. The van der Waals surface area contributed by atoms with Gasteiger partial charge in [-0.2, -0.15) is 0 Å². The van der Waals surface area contributed by atoms with Crippen LogP contribution in [0.25, 0.3) is 10.6 Å². The predicted octanol–water partition coefficient (Wildman–Crippen LogP) is 2.06. The van der Waals surface area contributed by atoms with Crippen LogP contribution in [0.2, 0.25) is 0 Å². The fraction of sp³-hybridized carbons (Fsp3) is 0.222. The number of aromatic carboxylic acids is 1. The van der Waals surface area contributed by atoms with E-state index >= 15 is 0 Å². The molecular weight excluding hydrogens is 216 g/mol. The molecule has 2 heterocycles. The molecule has 0 aromatic carbocycles. The van der Waals surface area contributed by atoms with Crippen molar-refractivity contribution < 1.29 is 14.4 Å². The molecule has 0 unspecified atom stereocenters. The summed E-state index contributed by atoms with van der Waals surface area (Å²) in [4.78, 5) is 15.6. The summed E-state index contributed by atoms with van der Waals surface area (Å²) in [6.07, 6.45) is 2.09. The van der Waals surface area contributed by atoms with Gasteiger partial charge in [0.15, 0.2) is 5.76 Å². The van der Waals surface area contributed by atoms with Crippen LogP contribution in [0.4, 0.5) is 0 Å². The highest BCUT2D eigenvalue weighted by Crippen LogP contribution is 2.28. The highest BCUT2D eigenvalue weighted by atomic mass is 32.1. The molecule has 78 valence electrons. The number of carboxylic acid groups (broad SMARTS) is 1. The Morgan fingerprint density at radius 3 is 3.00 bits per heavy atom. The van der Waals surface area contributed by atoms with Crippen LogP contribution in [0.1, 0.15) is 23.0 Å². The molecule has 0 aliphatic rings. The van der Waals surface area contributed by atoms with E-state index < -0.39 is 5.97 Å². The van der Waals surface area contributed by atoms with Crippen molar-refractivity contribution in [3.63, 3.8) is 0 Å². The topological polar surface area (TPSA) is 76.2 Å². The third-order valence-corrected chi connectivity index (χ3v) is 2.74. The maximum atomic E-state index is 11.0. The van der Waals surface area contributed by atoms with Gasteiger partial charge in [-0.3, -0.25) is 4.98 Å². The lowest BCUT2D eigenvalue weighted by molar-refractivity contribution is 0.0695. The van der Waals surface area contributed by atoms with E-state index in [0.717, 1.165) is 0 Å². The van der Waals surface area contributed by atoms with Gasteiger partial charge in [-0.05, 0) is 0 Å². The summed E-state index contributed by atoms with van der Waals surface area (Å²) in [5, 5.41) is 12.8. The van der Waals surface area contributed by atoms with Crippen molar-refractivity contribution in [1.82, 2.24) is 10.1 Å². The fourth-order valence-electron chi connectivity index (χ4n) is 1.29. The van der Waals surface area contributed by atoms with Gasteiger partial charge in [-0.15, -0.1) is 11.3 Å². The second-order valence-corrected chi connectivity index (χ2v) is 3.74. The second-order valence-electron chi connectivity index (χ2n) is 2.85. The fourth-order valence-corrected chi connectivity index (χ4v) is 1.89. The molecule has 0 saturated carbocycles. The van der Waals surface area contributed by atoms with E-state index in [0.29, 0.717) is 22.8 Å². The number of thiazole rings is 1. The van der Waals surface area contributed by atoms with Crippen LogP contribution in [-0.4, -0.2) is 21.2 Å². The van der Waals surface area contributed by atoms with Crippen LogP contribution in [0, 0.1) is 0 Å². The van der Waals surface area contributed by atoms with Crippen LogP contribution >= 0.6 is 11.3 Å². The van der Waals surface area contributed by atoms with Gasteiger partial charge in [0.05, 0.1) is 10.4 Å². The average Bonchev–Trinajstić information content (AvgIpc) is 2.85. The van der Waals surface area contributed by atoms with Crippen molar-refractivity contribution in [2.75, 3.05) is 0 Å². The summed E-state index contributed by atoms with van der Waals surface area (Å²) in [5.41, 5.74) is 2.13. The monoisotopic (exact) mass is 224 g/mol. The summed E-state index contributed by atoms with van der Waals surface area (Å²) in [6.45, 7) is 1.82. The highest BCUT2D eigenvalue weighted by Gasteiger charge is 2.22. The van der Waals surface area contributed by atoms with Gasteiger partial charge in [0.2, 0.25) is 0 Å². The van der Waals surface area contributed by atoms with Gasteiger partial charge in [0.25, 0.3) is 0 Å². The Morgan fingerprint density at radius 1 is 1.67 bits per heavy atom. The predicted molar refractivity (Wildman–Crippen MR) is 53.9 cm³/mol. The van der Waals surface area contributed by atoms with Gasteiger partial charge in [-0.1, -0.05) is 12.1 Å². The largest absolute Gasteiger partial charge is 0.477 e. The Kier molecular flexibility index (Phi) is 2.51.